The summed E-state index contributed by atoms with van der Waals surface area (Å²) in [5.74, 6) is 0.306. The minimum Gasteiger partial charge on any atom is -0.386 e. The Kier molecular flexibility index (Phi) is 3.97. The van der Waals surface area contributed by atoms with Gasteiger partial charge in [-0.2, -0.15) is 0 Å². The van der Waals surface area contributed by atoms with Crippen LogP contribution in [0.3, 0.4) is 0 Å². The minimum atomic E-state index is -1.60. The molecule has 0 fully saturated rings. The van der Waals surface area contributed by atoms with Crippen LogP contribution < -0.4 is 0 Å². The molecule has 1 N–H and O–H groups in total. The first kappa shape index (κ1) is 11.8. The van der Waals surface area contributed by atoms with Gasteiger partial charge in [0.15, 0.2) is 0 Å². The minimum absolute atomic E-state index is 0.306. The van der Waals surface area contributed by atoms with Crippen molar-refractivity contribution in [2.24, 2.45) is 5.92 Å². The summed E-state index contributed by atoms with van der Waals surface area (Å²) < 4.78 is -1.60. The standard InChI is InChI=1S/C7H13Cl3O/c1-5(2)4-6(3,11)7(8,9)10/h5,11H,4H2,1-3H3. The average molecular weight is 220 g/mol. The maximum atomic E-state index is 9.63. The fourth-order valence-electron chi connectivity index (χ4n) is 0.911. The highest BCUT2D eigenvalue weighted by Crippen LogP contribution is 2.41. The van der Waals surface area contributed by atoms with E-state index in [4.69, 9.17) is 34.8 Å². The van der Waals surface area contributed by atoms with Crippen LogP contribution in [0.1, 0.15) is 27.2 Å². The maximum Gasteiger partial charge on any atom is 0.218 e. The lowest BCUT2D eigenvalue weighted by atomic mass is 9.96. The molecule has 0 radical (unpaired) electrons. The molecule has 0 saturated heterocycles. The Bertz CT molecular complexity index is 126. The topological polar surface area (TPSA) is 20.2 Å². The van der Waals surface area contributed by atoms with Crippen molar-refractivity contribution in [3.8, 4) is 0 Å². The van der Waals surface area contributed by atoms with E-state index < -0.39 is 9.39 Å². The molecule has 0 aliphatic carbocycles. The van der Waals surface area contributed by atoms with E-state index in [0.29, 0.717) is 12.3 Å². The lowest BCUT2D eigenvalue weighted by Gasteiger charge is -2.32. The molecule has 1 unspecified atom stereocenters. The molecule has 1 nitrogen and oxygen atoms in total. The van der Waals surface area contributed by atoms with Crippen molar-refractivity contribution in [3.63, 3.8) is 0 Å². The Morgan fingerprint density at radius 2 is 1.64 bits per heavy atom. The van der Waals surface area contributed by atoms with Gasteiger partial charge in [0.25, 0.3) is 0 Å². The van der Waals surface area contributed by atoms with E-state index in [1.165, 1.54) is 6.92 Å². The second kappa shape index (κ2) is 3.69. The van der Waals surface area contributed by atoms with Gasteiger partial charge < -0.3 is 5.11 Å². The quantitative estimate of drug-likeness (QED) is 0.708. The third-order valence-electron chi connectivity index (χ3n) is 1.42. The highest BCUT2D eigenvalue weighted by atomic mass is 35.6. The first-order valence-corrected chi connectivity index (χ1v) is 4.59. The number of alkyl halides is 3. The van der Waals surface area contributed by atoms with E-state index in [1.54, 1.807) is 0 Å². The molecule has 4 heteroatoms. The summed E-state index contributed by atoms with van der Waals surface area (Å²) in [4.78, 5) is 0. The van der Waals surface area contributed by atoms with Crippen LogP contribution >= 0.6 is 34.8 Å². The molecule has 1 atom stereocenters. The molecule has 0 bridgehead atoms. The highest BCUT2D eigenvalue weighted by Gasteiger charge is 2.42. The number of aliphatic hydroxyl groups is 1. The Hall–Kier alpha value is 0.830. The van der Waals surface area contributed by atoms with Crippen molar-refractivity contribution in [2.45, 2.75) is 36.6 Å². The van der Waals surface area contributed by atoms with Gasteiger partial charge in [0.05, 0.1) is 0 Å². The van der Waals surface area contributed by atoms with Crippen LogP contribution in [0.5, 0.6) is 0 Å². The van der Waals surface area contributed by atoms with Gasteiger partial charge in [-0.15, -0.1) is 0 Å². The molecule has 0 aromatic rings. The van der Waals surface area contributed by atoms with Gasteiger partial charge in [0.2, 0.25) is 3.79 Å². The highest BCUT2D eigenvalue weighted by molar-refractivity contribution is 6.68. The van der Waals surface area contributed by atoms with E-state index >= 15 is 0 Å². The van der Waals surface area contributed by atoms with Gasteiger partial charge in [0.1, 0.15) is 5.60 Å². The Balaban J connectivity index is 4.22. The summed E-state index contributed by atoms with van der Waals surface area (Å²) in [6, 6.07) is 0. The lowest BCUT2D eigenvalue weighted by Crippen LogP contribution is -2.40. The molecule has 0 amide bonds. The largest absolute Gasteiger partial charge is 0.386 e. The second-order valence-corrected chi connectivity index (χ2v) is 5.65. The Morgan fingerprint density at radius 1 is 1.27 bits per heavy atom. The van der Waals surface area contributed by atoms with Crippen molar-refractivity contribution in [1.82, 2.24) is 0 Å². The van der Waals surface area contributed by atoms with Crippen LogP contribution in [-0.4, -0.2) is 14.5 Å². The predicted octanol–water partition coefficient (Wildman–Crippen LogP) is 3.15. The van der Waals surface area contributed by atoms with Crippen LogP contribution in [-0.2, 0) is 0 Å². The van der Waals surface area contributed by atoms with Gasteiger partial charge in [-0.3, -0.25) is 0 Å². The molecule has 0 heterocycles. The number of hydrogen-bond acceptors (Lipinski definition) is 1. The molecule has 0 aliphatic heterocycles. The number of hydrogen-bond donors (Lipinski definition) is 1. The first-order chi connectivity index (χ1) is 4.67. The zero-order valence-electron chi connectivity index (χ0n) is 6.87. The predicted molar refractivity (Wildman–Crippen MR) is 50.4 cm³/mol. The molecule has 0 rings (SSSR count). The maximum absolute atomic E-state index is 9.63. The van der Waals surface area contributed by atoms with Crippen LogP contribution in [0.15, 0.2) is 0 Å². The third-order valence-corrected chi connectivity index (χ3v) is 2.64. The Morgan fingerprint density at radius 3 is 1.73 bits per heavy atom. The monoisotopic (exact) mass is 218 g/mol. The summed E-state index contributed by atoms with van der Waals surface area (Å²) in [5, 5.41) is 9.63. The smallest absolute Gasteiger partial charge is 0.218 e. The summed E-state index contributed by atoms with van der Waals surface area (Å²) in [6.07, 6.45) is 0.476. The summed E-state index contributed by atoms with van der Waals surface area (Å²) >= 11 is 16.6. The van der Waals surface area contributed by atoms with Crippen molar-refractivity contribution >= 4 is 34.8 Å². The van der Waals surface area contributed by atoms with Gasteiger partial charge >= 0.3 is 0 Å². The van der Waals surface area contributed by atoms with Crippen molar-refractivity contribution in [2.75, 3.05) is 0 Å². The van der Waals surface area contributed by atoms with Gasteiger partial charge in [-0.1, -0.05) is 48.7 Å². The second-order valence-electron chi connectivity index (χ2n) is 3.37. The van der Waals surface area contributed by atoms with Crippen molar-refractivity contribution in [1.29, 1.82) is 0 Å². The summed E-state index contributed by atoms with van der Waals surface area (Å²) in [5.41, 5.74) is -1.24. The molecule has 11 heavy (non-hydrogen) atoms. The molecule has 0 saturated carbocycles. The molecular formula is C7H13Cl3O. The fourth-order valence-corrected chi connectivity index (χ4v) is 1.14. The third kappa shape index (κ3) is 3.84. The first-order valence-electron chi connectivity index (χ1n) is 3.46. The molecule has 68 valence electrons. The van der Waals surface area contributed by atoms with Gasteiger partial charge in [-0.05, 0) is 19.3 Å². The van der Waals surface area contributed by atoms with E-state index in [0.717, 1.165) is 0 Å². The molecule has 0 aliphatic rings. The fraction of sp³-hybridized carbons (Fsp3) is 1.00. The van der Waals surface area contributed by atoms with E-state index in [1.807, 2.05) is 13.8 Å². The summed E-state index contributed by atoms with van der Waals surface area (Å²) in [7, 11) is 0. The van der Waals surface area contributed by atoms with Crippen molar-refractivity contribution < 1.29 is 5.11 Å². The molecule has 0 aromatic carbocycles. The van der Waals surface area contributed by atoms with E-state index in [-0.39, 0.29) is 0 Å². The van der Waals surface area contributed by atoms with Crippen LogP contribution in [0.25, 0.3) is 0 Å². The van der Waals surface area contributed by atoms with Gasteiger partial charge in [-0.25, -0.2) is 0 Å². The zero-order valence-corrected chi connectivity index (χ0v) is 9.13. The molecule has 0 spiro atoms. The average Bonchev–Trinajstić information content (AvgIpc) is 1.56. The number of halogens is 3. The van der Waals surface area contributed by atoms with Crippen LogP contribution in [0.4, 0.5) is 0 Å². The number of rotatable bonds is 2. The van der Waals surface area contributed by atoms with E-state index in [2.05, 4.69) is 0 Å². The SMILES string of the molecule is CC(C)CC(C)(O)C(Cl)(Cl)Cl. The molecule has 0 aromatic heterocycles. The normalized spacial score (nSPS) is 18.5. The van der Waals surface area contributed by atoms with Crippen LogP contribution in [0, 0.1) is 5.92 Å². The van der Waals surface area contributed by atoms with Crippen molar-refractivity contribution in [3.05, 3.63) is 0 Å². The van der Waals surface area contributed by atoms with E-state index in [9.17, 15) is 5.11 Å². The van der Waals surface area contributed by atoms with Crippen LogP contribution in [0.2, 0.25) is 0 Å². The lowest BCUT2D eigenvalue weighted by molar-refractivity contribution is 0.0422. The molecular weight excluding hydrogens is 206 g/mol. The Labute approximate surface area is 82.6 Å². The summed E-state index contributed by atoms with van der Waals surface area (Å²) in [6.45, 7) is 5.45. The van der Waals surface area contributed by atoms with Gasteiger partial charge in [0, 0.05) is 0 Å². The zero-order chi connectivity index (χ0) is 9.28.